The highest BCUT2D eigenvalue weighted by molar-refractivity contribution is 7.91. The van der Waals surface area contributed by atoms with Gasteiger partial charge in [-0.2, -0.15) is 4.31 Å². The summed E-state index contributed by atoms with van der Waals surface area (Å²) in [6, 6.07) is 3.69. The molecule has 1 saturated carbocycles. The molecule has 0 aromatic carbocycles. The quantitative estimate of drug-likeness (QED) is 0.612. The molecular weight excluding hydrogens is 380 g/mol. The van der Waals surface area contributed by atoms with Crippen LogP contribution in [0.15, 0.2) is 21.3 Å². The van der Waals surface area contributed by atoms with Crippen LogP contribution in [0, 0.1) is 5.41 Å². The summed E-state index contributed by atoms with van der Waals surface area (Å²) in [4.78, 5) is 7.84. The number of guanidine groups is 1. The second-order valence-corrected chi connectivity index (χ2v) is 11.4. The molecule has 0 unspecified atom stereocenters. The van der Waals surface area contributed by atoms with E-state index in [9.17, 15) is 8.42 Å². The molecule has 3 aliphatic rings. The Bertz CT molecular complexity index is 792. The maximum Gasteiger partial charge on any atom is 0.252 e. The maximum absolute atomic E-state index is 12.8. The van der Waals surface area contributed by atoms with E-state index in [1.807, 2.05) is 13.1 Å². The van der Waals surface area contributed by atoms with E-state index in [0.29, 0.717) is 29.3 Å². The van der Waals surface area contributed by atoms with Crippen LogP contribution < -0.4 is 5.32 Å². The molecule has 4 rings (SSSR count). The standard InChI is InChI=1S/C19H30N4O2S2/c1-20-18(22-13-10-19(15-22)8-5-9-19)21-14-16-6-7-17(26-16)27(24,25)23-11-3-2-4-12-23/h6-7H,2-5,8-15H2,1H3,(H,20,21). The van der Waals surface area contributed by atoms with E-state index in [2.05, 4.69) is 15.2 Å². The summed E-state index contributed by atoms with van der Waals surface area (Å²) in [6.45, 7) is 4.09. The van der Waals surface area contributed by atoms with Crippen molar-refractivity contribution in [1.29, 1.82) is 0 Å². The lowest BCUT2D eigenvalue weighted by Crippen LogP contribution is -2.42. The van der Waals surface area contributed by atoms with Crippen LogP contribution in [0.3, 0.4) is 0 Å². The summed E-state index contributed by atoms with van der Waals surface area (Å²) >= 11 is 1.38. The normalized spacial score (nSPS) is 23.6. The van der Waals surface area contributed by atoms with E-state index in [4.69, 9.17) is 0 Å². The molecule has 3 fully saturated rings. The summed E-state index contributed by atoms with van der Waals surface area (Å²) in [6.07, 6.45) is 8.39. The summed E-state index contributed by atoms with van der Waals surface area (Å²) in [5, 5.41) is 3.44. The van der Waals surface area contributed by atoms with Gasteiger partial charge in [0.05, 0.1) is 6.54 Å². The Morgan fingerprint density at radius 2 is 1.93 bits per heavy atom. The van der Waals surface area contributed by atoms with Gasteiger partial charge in [0.15, 0.2) is 5.96 Å². The molecule has 1 aromatic rings. The molecule has 1 N–H and O–H groups in total. The minimum absolute atomic E-state index is 0.464. The number of rotatable bonds is 4. The molecule has 0 bridgehead atoms. The molecule has 1 aliphatic carbocycles. The number of aliphatic imine (C=N–C) groups is 1. The molecular formula is C19H30N4O2S2. The molecule has 2 saturated heterocycles. The molecule has 27 heavy (non-hydrogen) atoms. The van der Waals surface area contributed by atoms with Crippen molar-refractivity contribution in [2.75, 3.05) is 33.2 Å². The first kappa shape index (κ1) is 19.2. The topological polar surface area (TPSA) is 65.0 Å². The van der Waals surface area contributed by atoms with E-state index in [1.165, 1.54) is 37.0 Å². The number of nitrogens with zero attached hydrogens (tertiary/aromatic N) is 3. The van der Waals surface area contributed by atoms with Gasteiger partial charge in [-0.05, 0) is 49.7 Å². The monoisotopic (exact) mass is 410 g/mol. The Balaban J connectivity index is 1.36. The largest absolute Gasteiger partial charge is 0.351 e. The van der Waals surface area contributed by atoms with E-state index >= 15 is 0 Å². The highest BCUT2D eigenvalue weighted by Crippen LogP contribution is 2.47. The van der Waals surface area contributed by atoms with Crippen molar-refractivity contribution in [2.24, 2.45) is 10.4 Å². The average Bonchev–Trinajstić information content (AvgIpc) is 3.31. The Labute approximate surface area is 166 Å². The van der Waals surface area contributed by atoms with Gasteiger partial charge in [-0.3, -0.25) is 4.99 Å². The lowest BCUT2D eigenvalue weighted by atomic mass is 9.68. The third-order valence-electron chi connectivity index (χ3n) is 6.33. The highest BCUT2D eigenvalue weighted by atomic mass is 32.2. The van der Waals surface area contributed by atoms with Crippen molar-refractivity contribution in [3.63, 3.8) is 0 Å². The Morgan fingerprint density at radius 1 is 1.15 bits per heavy atom. The first-order valence-corrected chi connectivity index (χ1v) is 12.3. The molecule has 0 atom stereocenters. The van der Waals surface area contributed by atoms with Crippen molar-refractivity contribution in [2.45, 2.75) is 55.7 Å². The number of hydrogen-bond acceptors (Lipinski definition) is 4. The second-order valence-electron chi connectivity index (χ2n) is 8.11. The Morgan fingerprint density at radius 3 is 2.56 bits per heavy atom. The average molecular weight is 411 g/mol. The molecule has 1 aromatic heterocycles. The highest BCUT2D eigenvalue weighted by Gasteiger charge is 2.43. The van der Waals surface area contributed by atoms with Gasteiger partial charge in [0.25, 0.3) is 10.0 Å². The fraction of sp³-hybridized carbons (Fsp3) is 0.737. The van der Waals surface area contributed by atoms with Gasteiger partial charge in [-0.1, -0.05) is 12.8 Å². The zero-order chi connectivity index (χ0) is 18.9. The van der Waals surface area contributed by atoms with Gasteiger partial charge < -0.3 is 10.2 Å². The van der Waals surface area contributed by atoms with Crippen LogP contribution in [0.2, 0.25) is 0 Å². The first-order valence-electron chi connectivity index (χ1n) is 10.1. The lowest BCUT2D eigenvalue weighted by Gasteiger charge is -2.38. The first-order chi connectivity index (χ1) is 13.0. The zero-order valence-electron chi connectivity index (χ0n) is 16.1. The second kappa shape index (κ2) is 7.72. The maximum atomic E-state index is 12.8. The van der Waals surface area contributed by atoms with Crippen molar-refractivity contribution < 1.29 is 8.42 Å². The van der Waals surface area contributed by atoms with Gasteiger partial charge in [-0.25, -0.2) is 8.42 Å². The fourth-order valence-electron chi connectivity index (χ4n) is 4.52. The number of likely N-dealkylation sites (tertiary alicyclic amines) is 1. The SMILES string of the molecule is CN=C(NCc1ccc(S(=O)(=O)N2CCCCC2)s1)N1CCC2(CCC2)C1. The van der Waals surface area contributed by atoms with Gasteiger partial charge in [0, 0.05) is 38.1 Å². The minimum atomic E-state index is -3.33. The molecule has 3 heterocycles. The molecule has 0 radical (unpaired) electrons. The third kappa shape index (κ3) is 3.89. The number of hydrogen-bond donors (Lipinski definition) is 1. The smallest absolute Gasteiger partial charge is 0.252 e. The van der Waals surface area contributed by atoms with E-state index in [-0.39, 0.29) is 0 Å². The van der Waals surface area contributed by atoms with E-state index in [0.717, 1.165) is 43.2 Å². The van der Waals surface area contributed by atoms with Crippen molar-refractivity contribution in [3.05, 3.63) is 17.0 Å². The summed E-state index contributed by atoms with van der Waals surface area (Å²) in [5.74, 6) is 0.938. The van der Waals surface area contributed by atoms with Crippen molar-refractivity contribution >= 4 is 27.3 Å². The summed E-state index contributed by atoms with van der Waals surface area (Å²) < 4.78 is 27.7. The molecule has 150 valence electrons. The van der Waals surface area contributed by atoms with Crippen LogP contribution >= 0.6 is 11.3 Å². The predicted molar refractivity (Wildman–Crippen MR) is 110 cm³/mol. The third-order valence-corrected chi connectivity index (χ3v) is 9.78. The van der Waals surface area contributed by atoms with Gasteiger partial charge in [0.1, 0.15) is 4.21 Å². The zero-order valence-corrected chi connectivity index (χ0v) is 17.7. The van der Waals surface area contributed by atoms with Crippen molar-refractivity contribution in [1.82, 2.24) is 14.5 Å². The van der Waals surface area contributed by atoms with E-state index < -0.39 is 10.0 Å². The number of nitrogens with one attached hydrogen (secondary N) is 1. The summed E-state index contributed by atoms with van der Waals surface area (Å²) in [7, 11) is -1.50. The molecule has 1 spiro atoms. The van der Waals surface area contributed by atoms with Gasteiger partial charge in [-0.15, -0.1) is 11.3 Å². The van der Waals surface area contributed by atoms with Crippen LogP contribution in [0.4, 0.5) is 0 Å². The van der Waals surface area contributed by atoms with Gasteiger partial charge in [0.2, 0.25) is 0 Å². The number of thiophene rings is 1. The van der Waals surface area contributed by atoms with Crippen LogP contribution in [0.5, 0.6) is 0 Å². The molecule has 0 amide bonds. The number of sulfonamides is 1. The van der Waals surface area contributed by atoms with Crippen LogP contribution in [-0.4, -0.2) is 56.8 Å². The van der Waals surface area contributed by atoms with Crippen LogP contribution in [0.25, 0.3) is 0 Å². The number of piperidine rings is 1. The van der Waals surface area contributed by atoms with Crippen LogP contribution in [-0.2, 0) is 16.6 Å². The van der Waals surface area contributed by atoms with Crippen molar-refractivity contribution in [3.8, 4) is 0 Å². The molecule has 6 nitrogen and oxygen atoms in total. The van der Waals surface area contributed by atoms with E-state index in [1.54, 1.807) is 10.4 Å². The van der Waals surface area contributed by atoms with Gasteiger partial charge >= 0.3 is 0 Å². The fourth-order valence-corrected chi connectivity index (χ4v) is 7.49. The lowest BCUT2D eigenvalue weighted by molar-refractivity contribution is 0.151. The Hall–Kier alpha value is -1.12. The molecule has 2 aliphatic heterocycles. The predicted octanol–water partition coefficient (Wildman–Crippen LogP) is 2.87. The molecule has 8 heteroatoms. The van der Waals surface area contributed by atoms with Crippen LogP contribution in [0.1, 0.15) is 49.8 Å². The summed E-state index contributed by atoms with van der Waals surface area (Å²) in [5.41, 5.74) is 0.538. The Kier molecular flexibility index (Phi) is 5.49. The minimum Gasteiger partial charge on any atom is -0.351 e.